The molecule has 5 nitrogen and oxygen atoms in total. The van der Waals surface area contributed by atoms with Crippen molar-refractivity contribution in [2.45, 2.75) is 13.0 Å². The van der Waals surface area contributed by atoms with Crippen LogP contribution in [0.1, 0.15) is 17.7 Å². The SMILES string of the molecule is N#Cc1cccc(N(CCC(N)=O)Cc2ccccc2)n1. The first-order valence-corrected chi connectivity index (χ1v) is 6.63. The predicted octanol–water partition coefficient (Wildman–Crippen LogP) is 1.84. The number of amides is 1. The van der Waals surface area contributed by atoms with Gasteiger partial charge in [0.25, 0.3) is 0 Å². The lowest BCUT2D eigenvalue weighted by Gasteiger charge is -2.23. The number of aromatic nitrogens is 1. The molecule has 1 aromatic carbocycles. The molecule has 0 saturated heterocycles. The van der Waals surface area contributed by atoms with Crippen molar-refractivity contribution >= 4 is 11.7 Å². The fourth-order valence-corrected chi connectivity index (χ4v) is 1.99. The minimum atomic E-state index is -0.357. The Morgan fingerprint density at radius 2 is 1.95 bits per heavy atom. The first-order chi connectivity index (χ1) is 10.2. The van der Waals surface area contributed by atoms with Gasteiger partial charge in [-0.05, 0) is 17.7 Å². The lowest BCUT2D eigenvalue weighted by Crippen LogP contribution is -2.28. The number of benzene rings is 1. The van der Waals surface area contributed by atoms with Crippen LogP contribution in [0.15, 0.2) is 48.5 Å². The second-order valence-electron chi connectivity index (χ2n) is 4.62. The molecule has 0 bridgehead atoms. The number of nitrogens with zero attached hydrogens (tertiary/aromatic N) is 3. The Morgan fingerprint density at radius 3 is 2.62 bits per heavy atom. The Hall–Kier alpha value is -2.87. The molecule has 21 heavy (non-hydrogen) atoms. The minimum absolute atomic E-state index is 0.241. The molecule has 2 rings (SSSR count). The summed E-state index contributed by atoms with van der Waals surface area (Å²) in [6, 6.07) is 17.2. The Morgan fingerprint density at radius 1 is 1.19 bits per heavy atom. The van der Waals surface area contributed by atoms with Crippen LogP contribution in [0.25, 0.3) is 0 Å². The summed E-state index contributed by atoms with van der Waals surface area (Å²) >= 11 is 0. The predicted molar refractivity (Wildman–Crippen MR) is 80.3 cm³/mol. The van der Waals surface area contributed by atoms with Crippen molar-refractivity contribution in [1.82, 2.24) is 4.98 Å². The fraction of sp³-hybridized carbons (Fsp3) is 0.188. The van der Waals surface area contributed by atoms with E-state index >= 15 is 0 Å². The molecule has 0 saturated carbocycles. The van der Waals surface area contributed by atoms with Crippen LogP contribution >= 0.6 is 0 Å². The number of nitriles is 1. The Balaban J connectivity index is 2.22. The molecule has 1 amide bonds. The maximum Gasteiger partial charge on any atom is 0.219 e. The van der Waals surface area contributed by atoms with Gasteiger partial charge in [-0.2, -0.15) is 5.26 Å². The summed E-state index contributed by atoms with van der Waals surface area (Å²) < 4.78 is 0. The van der Waals surface area contributed by atoms with Crippen molar-refractivity contribution in [1.29, 1.82) is 5.26 Å². The Bertz CT molecular complexity index is 649. The second kappa shape index (κ2) is 7.06. The van der Waals surface area contributed by atoms with Crippen LogP contribution in [-0.4, -0.2) is 17.4 Å². The van der Waals surface area contributed by atoms with Gasteiger partial charge in [-0.1, -0.05) is 36.4 Å². The normalized spacial score (nSPS) is 9.86. The van der Waals surface area contributed by atoms with Crippen molar-refractivity contribution in [2.24, 2.45) is 5.73 Å². The van der Waals surface area contributed by atoms with Gasteiger partial charge in [-0.15, -0.1) is 0 Å². The molecule has 0 atom stereocenters. The zero-order chi connectivity index (χ0) is 15.1. The number of pyridine rings is 1. The highest BCUT2D eigenvalue weighted by atomic mass is 16.1. The summed E-state index contributed by atoms with van der Waals surface area (Å²) in [7, 11) is 0. The van der Waals surface area contributed by atoms with Gasteiger partial charge in [-0.3, -0.25) is 4.79 Å². The molecule has 0 aliphatic carbocycles. The molecule has 0 aliphatic heterocycles. The van der Waals surface area contributed by atoms with E-state index in [2.05, 4.69) is 4.98 Å². The number of hydrogen-bond donors (Lipinski definition) is 1. The number of carbonyl (C=O) groups is 1. The van der Waals surface area contributed by atoms with Gasteiger partial charge < -0.3 is 10.6 Å². The molecular weight excluding hydrogens is 264 g/mol. The maximum atomic E-state index is 11.0. The fourth-order valence-electron chi connectivity index (χ4n) is 1.99. The van der Waals surface area contributed by atoms with Crippen LogP contribution in [0.5, 0.6) is 0 Å². The largest absolute Gasteiger partial charge is 0.370 e. The molecule has 0 unspecified atom stereocenters. The molecule has 2 N–H and O–H groups in total. The summed E-state index contributed by atoms with van der Waals surface area (Å²) in [5, 5.41) is 8.95. The molecule has 1 heterocycles. The van der Waals surface area contributed by atoms with E-state index < -0.39 is 0 Å². The van der Waals surface area contributed by atoms with Crippen molar-refractivity contribution in [3.05, 3.63) is 59.8 Å². The maximum absolute atomic E-state index is 11.0. The van der Waals surface area contributed by atoms with E-state index in [9.17, 15) is 4.79 Å². The van der Waals surface area contributed by atoms with E-state index in [4.69, 9.17) is 11.0 Å². The van der Waals surface area contributed by atoms with E-state index in [0.717, 1.165) is 5.56 Å². The summed E-state index contributed by atoms with van der Waals surface area (Å²) in [5.74, 6) is 0.309. The molecule has 0 spiro atoms. The van der Waals surface area contributed by atoms with Gasteiger partial charge in [0.1, 0.15) is 17.6 Å². The molecule has 1 aromatic heterocycles. The minimum Gasteiger partial charge on any atom is -0.370 e. The Kier molecular flexibility index (Phi) is 4.89. The van der Waals surface area contributed by atoms with Crippen molar-refractivity contribution < 1.29 is 4.79 Å². The van der Waals surface area contributed by atoms with Crippen molar-refractivity contribution in [3.63, 3.8) is 0 Å². The standard InChI is InChI=1S/C16H16N4O/c17-11-14-7-4-8-16(19-14)20(10-9-15(18)21)12-13-5-2-1-3-6-13/h1-8H,9-10,12H2,(H2,18,21). The summed E-state index contributed by atoms with van der Waals surface area (Å²) in [5.41, 5.74) is 6.68. The van der Waals surface area contributed by atoms with Gasteiger partial charge in [0.05, 0.1) is 0 Å². The highest BCUT2D eigenvalue weighted by molar-refractivity contribution is 5.74. The Labute approximate surface area is 123 Å². The summed E-state index contributed by atoms with van der Waals surface area (Å²) in [6.07, 6.45) is 0.241. The van der Waals surface area contributed by atoms with Crippen LogP contribution in [-0.2, 0) is 11.3 Å². The molecule has 5 heteroatoms. The van der Waals surface area contributed by atoms with E-state index in [0.29, 0.717) is 24.6 Å². The van der Waals surface area contributed by atoms with Crippen LogP contribution < -0.4 is 10.6 Å². The zero-order valence-corrected chi connectivity index (χ0v) is 11.6. The molecule has 0 radical (unpaired) electrons. The molecule has 0 fully saturated rings. The number of primary amides is 1. The average molecular weight is 280 g/mol. The smallest absolute Gasteiger partial charge is 0.219 e. The first kappa shape index (κ1) is 14.5. The molecular formula is C16H16N4O. The van der Waals surface area contributed by atoms with Crippen LogP contribution in [0.4, 0.5) is 5.82 Å². The van der Waals surface area contributed by atoms with Crippen LogP contribution in [0.3, 0.4) is 0 Å². The van der Waals surface area contributed by atoms with Gasteiger partial charge in [0.2, 0.25) is 5.91 Å². The summed E-state index contributed by atoms with van der Waals surface area (Å²) in [6.45, 7) is 1.07. The average Bonchev–Trinajstić information content (AvgIpc) is 2.52. The number of nitrogens with two attached hydrogens (primary N) is 1. The van der Waals surface area contributed by atoms with E-state index in [1.165, 1.54) is 0 Å². The highest BCUT2D eigenvalue weighted by Gasteiger charge is 2.10. The van der Waals surface area contributed by atoms with Crippen molar-refractivity contribution in [3.8, 4) is 6.07 Å². The lowest BCUT2D eigenvalue weighted by molar-refractivity contribution is -0.117. The van der Waals surface area contributed by atoms with Gasteiger partial charge in [0.15, 0.2) is 0 Å². The highest BCUT2D eigenvalue weighted by Crippen LogP contribution is 2.15. The molecule has 0 aliphatic rings. The lowest BCUT2D eigenvalue weighted by atomic mass is 10.2. The van der Waals surface area contributed by atoms with E-state index in [-0.39, 0.29) is 12.3 Å². The number of carbonyl (C=O) groups excluding carboxylic acids is 1. The number of rotatable bonds is 6. The monoisotopic (exact) mass is 280 g/mol. The zero-order valence-electron chi connectivity index (χ0n) is 11.6. The van der Waals surface area contributed by atoms with Crippen LogP contribution in [0, 0.1) is 11.3 Å². The second-order valence-corrected chi connectivity index (χ2v) is 4.62. The topological polar surface area (TPSA) is 83.0 Å². The van der Waals surface area contributed by atoms with Crippen molar-refractivity contribution in [2.75, 3.05) is 11.4 Å². The quantitative estimate of drug-likeness (QED) is 0.875. The third-order valence-electron chi connectivity index (χ3n) is 3.02. The van der Waals surface area contributed by atoms with Crippen LogP contribution in [0.2, 0.25) is 0 Å². The van der Waals surface area contributed by atoms with Gasteiger partial charge in [-0.25, -0.2) is 4.98 Å². The third kappa shape index (κ3) is 4.32. The van der Waals surface area contributed by atoms with Gasteiger partial charge >= 0.3 is 0 Å². The van der Waals surface area contributed by atoms with E-state index in [1.54, 1.807) is 12.1 Å². The first-order valence-electron chi connectivity index (χ1n) is 6.63. The number of anilines is 1. The van der Waals surface area contributed by atoms with E-state index in [1.807, 2.05) is 47.4 Å². The summed E-state index contributed by atoms with van der Waals surface area (Å²) in [4.78, 5) is 17.3. The molecule has 2 aromatic rings. The molecule has 106 valence electrons. The third-order valence-corrected chi connectivity index (χ3v) is 3.02. The van der Waals surface area contributed by atoms with Gasteiger partial charge in [0, 0.05) is 19.5 Å². The number of hydrogen-bond acceptors (Lipinski definition) is 4.